The van der Waals surface area contributed by atoms with Gasteiger partial charge in [0.15, 0.2) is 5.11 Å². The molecule has 27 heavy (non-hydrogen) atoms. The zero-order chi connectivity index (χ0) is 19.4. The van der Waals surface area contributed by atoms with E-state index in [2.05, 4.69) is 18.3 Å². The smallest absolute Gasteiger partial charge is 0.276 e. The summed E-state index contributed by atoms with van der Waals surface area (Å²) >= 11 is 5.25. The van der Waals surface area contributed by atoms with Crippen molar-refractivity contribution >= 4 is 29.3 Å². The molecule has 1 amide bonds. The third-order valence-corrected chi connectivity index (χ3v) is 4.57. The summed E-state index contributed by atoms with van der Waals surface area (Å²) in [4.78, 5) is 14.0. The minimum absolute atomic E-state index is 0.113. The van der Waals surface area contributed by atoms with Gasteiger partial charge in [-0.1, -0.05) is 19.4 Å². The van der Waals surface area contributed by atoms with E-state index in [9.17, 15) is 4.79 Å². The number of unbranched alkanes of at least 4 members (excludes halogenated alkanes) is 1. The summed E-state index contributed by atoms with van der Waals surface area (Å²) in [6.45, 7) is 7.12. The first-order valence-corrected chi connectivity index (χ1v) is 9.51. The van der Waals surface area contributed by atoms with E-state index >= 15 is 0 Å². The van der Waals surface area contributed by atoms with Crippen LogP contribution in [0.5, 0.6) is 5.75 Å². The lowest BCUT2D eigenvalue weighted by Crippen LogP contribution is -2.31. The Hall–Kier alpha value is -2.60. The van der Waals surface area contributed by atoms with E-state index in [0.29, 0.717) is 35.5 Å². The maximum Gasteiger partial charge on any atom is 0.276 e. The number of carbonyl (C=O) groups is 1. The predicted octanol–water partition coefficient (Wildman–Crippen LogP) is 4.33. The molecule has 2 heterocycles. The minimum Gasteiger partial charge on any atom is -0.486 e. The van der Waals surface area contributed by atoms with Gasteiger partial charge in [0.1, 0.15) is 29.6 Å². The van der Waals surface area contributed by atoms with Crippen LogP contribution in [-0.4, -0.2) is 22.5 Å². The number of ether oxygens (including phenoxy) is 1. The van der Waals surface area contributed by atoms with E-state index in [1.165, 1.54) is 0 Å². The standard InChI is InChI=1S/C21H24N2O3S/c1-4-5-8-23-20(24)19(22-21(23)27)12-16-6-7-17(26-16)13-25-18-10-14(2)9-15(3)11-18/h6-7,9-12H,4-5,8,13H2,1-3H3,(H,22,27)/b19-12+. The van der Waals surface area contributed by atoms with Crippen LogP contribution >= 0.6 is 12.2 Å². The third-order valence-electron chi connectivity index (χ3n) is 4.24. The van der Waals surface area contributed by atoms with Crippen LogP contribution in [0, 0.1) is 13.8 Å². The minimum atomic E-state index is -0.113. The molecule has 142 valence electrons. The van der Waals surface area contributed by atoms with Crippen molar-refractivity contribution in [1.29, 1.82) is 0 Å². The van der Waals surface area contributed by atoms with Gasteiger partial charge in [-0.2, -0.15) is 0 Å². The van der Waals surface area contributed by atoms with Crippen molar-refractivity contribution in [3.8, 4) is 5.75 Å². The van der Waals surface area contributed by atoms with Crippen molar-refractivity contribution < 1.29 is 13.9 Å². The molecule has 1 N–H and O–H groups in total. The molecule has 1 aliphatic rings. The second-order valence-corrected chi connectivity index (χ2v) is 7.10. The lowest BCUT2D eigenvalue weighted by atomic mass is 10.1. The number of hydrogen-bond donors (Lipinski definition) is 1. The van der Waals surface area contributed by atoms with Crippen LogP contribution in [0.4, 0.5) is 0 Å². The quantitative estimate of drug-likeness (QED) is 0.569. The maximum absolute atomic E-state index is 12.4. The Morgan fingerprint density at radius 1 is 1.22 bits per heavy atom. The van der Waals surface area contributed by atoms with Crippen molar-refractivity contribution in [2.45, 2.75) is 40.2 Å². The number of furan rings is 1. The zero-order valence-electron chi connectivity index (χ0n) is 15.9. The molecule has 0 aliphatic carbocycles. The molecule has 1 aliphatic heterocycles. The van der Waals surface area contributed by atoms with Crippen molar-refractivity contribution in [3.63, 3.8) is 0 Å². The molecule has 0 bridgehead atoms. The Morgan fingerprint density at radius 2 is 1.96 bits per heavy atom. The monoisotopic (exact) mass is 384 g/mol. The lowest BCUT2D eigenvalue weighted by molar-refractivity contribution is -0.122. The first-order chi connectivity index (χ1) is 13.0. The van der Waals surface area contributed by atoms with E-state index in [1.54, 1.807) is 11.0 Å². The average Bonchev–Trinajstić information content (AvgIpc) is 3.16. The van der Waals surface area contributed by atoms with Gasteiger partial charge in [0, 0.05) is 12.6 Å². The largest absolute Gasteiger partial charge is 0.486 e. The van der Waals surface area contributed by atoms with E-state index in [1.807, 2.05) is 38.1 Å². The molecule has 1 aromatic carbocycles. The van der Waals surface area contributed by atoms with Crippen LogP contribution in [0.2, 0.25) is 0 Å². The summed E-state index contributed by atoms with van der Waals surface area (Å²) in [7, 11) is 0. The Labute approximate surface area is 165 Å². The van der Waals surface area contributed by atoms with Crippen LogP contribution in [0.15, 0.2) is 40.4 Å². The number of nitrogens with zero attached hydrogens (tertiary/aromatic N) is 1. The van der Waals surface area contributed by atoms with Gasteiger partial charge in [-0.15, -0.1) is 0 Å². The summed E-state index contributed by atoms with van der Waals surface area (Å²) in [6, 6.07) is 9.75. The molecule has 1 fully saturated rings. The predicted molar refractivity (Wildman–Crippen MR) is 109 cm³/mol. The fourth-order valence-corrected chi connectivity index (χ4v) is 3.24. The summed E-state index contributed by atoms with van der Waals surface area (Å²) in [5, 5.41) is 3.42. The molecule has 1 aromatic heterocycles. The maximum atomic E-state index is 12.4. The topological polar surface area (TPSA) is 54.7 Å². The van der Waals surface area contributed by atoms with Gasteiger partial charge in [-0.25, -0.2) is 0 Å². The normalized spacial score (nSPS) is 15.5. The van der Waals surface area contributed by atoms with E-state index < -0.39 is 0 Å². The molecule has 2 aromatic rings. The average molecular weight is 385 g/mol. The fraction of sp³-hybridized carbons (Fsp3) is 0.333. The van der Waals surface area contributed by atoms with Crippen LogP contribution in [0.25, 0.3) is 6.08 Å². The van der Waals surface area contributed by atoms with Gasteiger partial charge < -0.3 is 14.5 Å². The first kappa shape index (κ1) is 19.2. The highest BCUT2D eigenvalue weighted by Gasteiger charge is 2.30. The highest BCUT2D eigenvalue weighted by molar-refractivity contribution is 7.80. The second-order valence-electron chi connectivity index (χ2n) is 6.71. The fourth-order valence-electron chi connectivity index (χ4n) is 2.95. The zero-order valence-corrected chi connectivity index (χ0v) is 16.7. The van der Waals surface area contributed by atoms with Gasteiger partial charge in [-0.05, 0) is 67.9 Å². The molecule has 0 radical (unpaired) electrons. The molecule has 1 saturated heterocycles. The second kappa shape index (κ2) is 8.39. The summed E-state index contributed by atoms with van der Waals surface area (Å²) in [5.41, 5.74) is 2.75. The third kappa shape index (κ3) is 4.77. The molecule has 0 saturated carbocycles. The Bertz CT molecular complexity index is 865. The SMILES string of the molecule is CCCCN1C(=O)/C(=C\c2ccc(COc3cc(C)cc(C)c3)o2)NC1=S. The highest BCUT2D eigenvalue weighted by Crippen LogP contribution is 2.20. The van der Waals surface area contributed by atoms with E-state index in [0.717, 1.165) is 29.7 Å². The Kier molecular flexibility index (Phi) is 5.96. The van der Waals surface area contributed by atoms with E-state index in [-0.39, 0.29) is 5.91 Å². The number of rotatable bonds is 7. The van der Waals surface area contributed by atoms with Gasteiger partial charge >= 0.3 is 0 Å². The number of amides is 1. The van der Waals surface area contributed by atoms with Crippen LogP contribution in [0.1, 0.15) is 42.4 Å². The number of aryl methyl sites for hydroxylation is 2. The summed E-state index contributed by atoms with van der Waals surface area (Å²) in [5.74, 6) is 1.98. The molecule has 3 rings (SSSR count). The van der Waals surface area contributed by atoms with Gasteiger partial charge in [0.2, 0.25) is 0 Å². The van der Waals surface area contributed by atoms with Crippen molar-refractivity contribution in [2.24, 2.45) is 0 Å². The summed E-state index contributed by atoms with van der Waals surface area (Å²) in [6.07, 6.45) is 3.61. The number of benzene rings is 1. The number of thiocarbonyl (C=S) groups is 1. The molecule has 5 nitrogen and oxygen atoms in total. The molecular weight excluding hydrogens is 360 g/mol. The molecule has 0 unspecified atom stereocenters. The van der Waals surface area contributed by atoms with Gasteiger partial charge in [0.25, 0.3) is 5.91 Å². The van der Waals surface area contributed by atoms with Crippen molar-refractivity contribution in [3.05, 3.63) is 58.7 Å². The van der Waals surface area contributed by atoms with Crippen LogP contribution in [-0.2, 0) is 11.4 Å². The van der Waals surface area contributed by atoms with Crippen LogP contribution in [0.3, 0.4) is 0 Å². The van der Waals surface area contributed by atoms with Crippen LogP contribution < -0.4 is 10.1 Å². The molecule has 6 heteroatoms. The summed E-state index contributed by atoms with van der Waals surface area (Å²) < 4.78 is 11.6. The van der Waals surface area contributed by atoms with Gasteiger partial charge in [0.05, 0.1) is 0 Å². The molecule has 0 atom stereocenters. The van der Waals surface area contributed by atoms with E-state index in [4.69, 9.17) is 21.4 Å². The van der Waals surface area contributed by atoms with Crippen molar-refractivity contribution in [1.82, 2.24) is 10.2 Å². The highest BCUT2D eigenvalue weighted by atomic mass is 32.1. The lowest BCUT2D eigenvalue weighted by Gasteiger charge is -2.12. The van der Waals surface area contributed by atoms with Gasteiger partial charge in [-0.3, -0.25) is 9.69 Å². The Balaban J connectivity index is 1.64. The number of nitrogens with one attached hydrogen (secondary N) is 1. The molecular formula is C21H24N2O3S. The molecule has 0 spiro atoms. The number of carbonyl (C=O) groups excluding carboxylic acids is 1. The Morgan fingerprint density at radius 3 is 2.67 bits per heavy atom. The van der Waals surface area contributed by atoms with Crippen molar-refractivity contribution in [2.75, 3.05) is 6.54 Å². The first-order valence-electron chi connectivity index (χ1n) is 9.10. The number of hydrogen-bond acceptors (Lipinski definition) is 4.